The number of amides is 2. The number of ether oxygens (including phenoxy) is 1. The van der Waals surface area contributed by atoms with E-state index in [0.717, 1.165) is 43.0 Å². The van der Waals surface area contributed by atoms with E-state index in [9.17, 15) is 9.59 Å². The zero-order valence-electron chi connectivity index (χ0n) is 15.0. The number of carbonyl (C=O) groups is 2. The Bertz CT molecular complexity index is 727. The van der Waals surface area contributed by atoms with E-state index in [4.69, 9.17) is 4.74 Å². The molecule has 2 aromatic rings. The van der Waals surface area contributed by atoms with Gasteiger partial charge in [0.25, 0.3) is 0 Å². The maximum Gasteiger partial charge on any atom is 0.407 e. The van der Waals surface area contributed by atoms with Crippen LogP contribution in [0.3, 0.4) is 0 Å². The lowest BCUT2D eigenvalue weighted by Gasteiger charge is -2.21. The van der Waals surface area contributed by atoms with Gasteiger partial charge in [-0.1, -0.05) is 12.1 Å². The van der Waals surface area contributed by atoms with Gasteiger partial charge < -0.3 is 24.8 Å². The first-order chi connectivity index (χ1) is 12.7. The van der Waals surface area contributed by atoms with Crippen LogP contribution in [0.5, 0.6) is 0 Å². The Labute approximate surface area is 152 Å². The maximum absolute atomic E-state index is 12.4. The van der Waals surface area contributed by atoms with Crippen molar-refractivity contribution in [2.24, 2.45) is 0 Å². The molecule has 0 atom stereocenters. The Balaban J connectivity index is 1.51. The molecule has 2 N–H and O–H groups in total. The largest absolute Gasteiger partial charge is 0.450 e. The average molecular weight is 359 g/mol. The molecule has 8 heteroatoms. The van der Waals surface area contributed by atoms with Crippen molar-refractivity contribution < 1.29 is 14.3 Å². The molecule has 3 rings (SSSR count). The monoisotopic (exact) mass is 359 g/mol. The van der Waals surface area contributed by atoms with E-state index in [1.165, 1.54) is 0 Å². The number of imidazole rings is 1. The van der Waals surface area contributed by atoms with Gasteiger partial charge in [0.15, 0.2) is 0 Å². The number of nitrogens with one attached hydrogen (secondary N) is 2. The van der Waals surface area contributed by atoms with Crippen LogP contribution in [0.15, 0.2) is 24.3 Å². The highest BCUT2D eigenvalue weighted by Gasteiger charge is 2.20. The van der Waals surface area contributed by atoms with Crippen LogP contribution in [0.1, 0.15) is 19.8 Å². The summed E-state index contributed by atoms with van der Waals surface area (Å²) in [4.78, 5) is 35.6. The van der Waals surface area contributed by atoms with Crippen molar-refractivity contribution in [1.82, 2.24) is 20.2 Å². The number of nitrogens with zero attached hydrogens (tertiary/aromatic N) is 3. The summed E-state index contributed by atoms with van der Waals surface area (Å²) >= 11 is 0. The molecule has 0 bridgehead atoms. The maximum atomic E-state index is 12.4. The molecule has 1 saturated heterocycles. The molecule has 0 unspecified atom stereocenters. The SMILES string of the molecule is CCOC(=O)NCCC(=O)N1CCCN(c2nc3ccccc3[nH]2)CC1. The van der Waals surface area contributed by atoms with Gasteiger partial charge in [-0.3, -0.25) is 4.79 Å². The van der Waals surface area contributed by atoms with Crippen LogP contribution in [-0.2, 0) is 9.53 Å². The zero-order valence-corrected chi connectivity index (χ0v) is 15.0. The molecular weight excluding hydrogens is 334 g/mol. The molecule has 0 saturated carbocycles. The third-order valence-corrected chi connectivity index (χ3v) is 4.41. The molecule has 140 valence electrons. The van der Waals surface area contributed by atoms with Gasteiger partial charge in [-0.05, 0) is 25.5 Å². The van der Waals surface area contributed by atoms with E-state index in [-0.39, 0.29) is 12.3 Å². The molecule has 1 aromatic heterocycles. The molecule has 0 radical (unpaired) electrons. The number of rotatable bonds is 5. The molecule has 0 spiro atoms. The Morgan fingerprint density at radius 2 is 2.08 bits per heavy atom. The predicted octanol–water partition coefficient (Wildman–Crippen LogP) is 1.74. The van der Waals surface area contributed by atoms with Gasteiger partial charge in [-0.15, -0.1) is 0 Å². The Morgan fingerprint density at radius 1 is 1.23 bits per heavy atom. The third kappa shape index (κ3) is 4.44. The number of aromatic nitrogens is 2. The van der Waals surface area contributed by atoms with E-state index >= 15 is 0 Å². The molecule has 1 fully saturated rings. The second kappa shape index (κ2) is 8.55. The van der Waals surface area contributed by atoms with Gasteiger partial charge in [0.2, 0.25) is 11.9 Å². The molecule has 2 amide bonds. The molecule has 8 nitrogen and oxygen atoms in total. The highest BCUT2D eigenvalue weighted by molar-refractivity contribution is 5.78. The third-order valence-electron chi connectivity index (χ3n) is 4.41. The predicted molar refractivity (Wildman–Crippen MR) is 99.1 cm³/mol. The number of fused-ring (bicyclic) bond motifs is 1. The molecule has 26 heavy (non-hydrogen) atoms. The summed E-state index contributed by atoms with van der Waals surface area (Å²) in [6.07, 6.45) is 0.685. The van der Waals surface area contributed by atoms with Crippen molar-refractivity contribution >= 4 is 29.0 Å². The van der Waals surface area contributed by atoms with E-state index in [1.54, 1.807) is 6.92 Å². The summed E-state index contributed by atoms with van der Waals surface area (Å²) in [5.74, 6) is 0.901. The molecule has 1 aliphatic rings. The van der Waals surface area contributed by atoms with Crippen LogP contribution in [0.25, 0.3) is 11.0 Å². The highest BCUT2D eigenvalue weighted by Crippen LogP contribution is 2.18. The number of anilines is 1. The molecule has 0 aliphatic carbocycles. The molecule has 1 aliphatic heterocycles. The first kappa shape index (κ1) is 18.0. The summed E-state index contributed by atoms with van der Waals surface area (Å²) < 4.78 is 4.79. The molecular formula is C18H25N5O3. The van der Waals surface area contributed by atoms with Crippen LogP contribution in [0.4, 0.5) is 10.7 Å². The van der Waals surface area contributed by atoms with Crippen molar-refractivity contribution in [2.45, 2.75) is 19.8 Å². The molecule has 2 heterocycles. The van der Waals surface area contributed by atoms with Crippen molar-refractivity contribution in [2.75, 3.05) is 44.2 Å². The van der Waals surface area contributed by atoms with E-state index in [0.29, 0.717) is 19.7 Å². The number of hydrogen-bond donors (Lipinski definition) is 2. The normalized spacial score (nSPS) is 15.0. The van der Waals surface area contributed by atoms with E-state index in [1.807, 2.05) is 29.2 Å². The second-order valence-electron chi connectivity index (χ2n) is 6.20. The summed E-state index contributed by atoms with van der Waals surface area (Å²) in [5, 5.41) is 2.58. The highest BCUT2D eigenvalue weighted by atomic mass is 16.5. The lowest BCUT2D eigenvalue weighted by atomic mass is 10.3. The first-order valence-electron chi connectivity index (χ1n) is 9.05. The average Bonchev–Trinajstić information content (AvgIpc) is 2.91. The fourth-order valence-corrected chi connectivity index (χ4v) is 3.08. The van der Waals surface area contributed by atoms with Crippen LogP contribution >= 0.6 is 0 Å². The number of carbonyl (C=O) groups excluding carboxylic acids is 2. The van der Waals surface area contributed by atoms with Gasteiger partial charge in [-0.2, -0.15) is 0 Å². The van der Waals surface area contributed by atoms with E-state index < -0.39 is 6.09 Å². The summed E-state index contributed by atoms with van der Waals surface area (Å²) in [6, 6.07) is 7.95. The van der Waals surface area contributed by atoms with E-state index in [2.05, 4.69) is 20.2 Å². The standard InChI is InChI=1S/C18H25N5O3/c1-2-26-18(25)19-9-8-16(24)22-10-5-11-23(13-12-22)17-20-14-6-3-4-7-15(14)21-17/h3-4,6-7H,2,5,8-13H2,1H3,(H,19,25)(H,20,21). The van der Waals surface area contributed by atoms with Gasteiger partial charge in [0.05, 0.1) is 17.6 Å². The van der Waals surface area contributed by atoms with Gasteiger partial charge >= 0.3 is 6.09 Å². The molecule has 1 aromatic carbocycles. The van der Waals surface area contributed by atoms with Gasteiger partial charge in [0, 0.05) is 39.1 Å². The number of hydrogen-bond acceptors (Lipinski definition) is 5. The lowest BCUT2D eigenvalue weighted by Crippen LogP contribution is -2.37. The number of para-hydroxylation sites is 2. The summed E-state index contributed by atoms with van der Waals surface area (Å²) in [6.45, 7) is 5.31. The minimum Gasteiger partial charge on any atom is -0.450 e. The summed E-state index contributed by atoms with van der Waals surface area (Å²) in [7, 11) is 0. The van der Waals surface area contributed by atoms with Gasteiger partial charge in [-0.25, -0.2) is 9.78 Å². The van der Waals surface area contributed by atoms with Crippen LogP contribution in [-0.4, -0.2) is 66.2 Å². The van der Waals surface area contributed by atoms with Gasteiger partial charge in [0.1, 0.15) is 0 Å². The number of aromatic amines is 1. The minimum absolute atomic E-state index is 0.0493. The van der Waals surface area contributed by atoms with Crippen LogP contribution in [0, 0.1) is 0 Å². The lowest BCUT2D eigenvalue weighted by molar-refractivity contribution is -0.130. The quantitative estimate of drug-likeness (QED) is 0.849. The fraction of sp³-hybridized carbons (Fsp3) is 0.500. The van der Waals surface area contributed by atoms with Crippen molar-refractivity contribution in [3.8, 4) is 0 Å². The van der Waals surface area contributed by atoms with Crippen molar-refractivity contribution in [3.05, 3.63) is 24.3 Å². The number of benzene rings is 1. The number of H-pyrrole nitrogens is 1. The Morgan fingerprint density at radius 3 is 2.88 bits per heavy atom. The fourth-order valence-electron chi connectivity index (χ4n) is 3.08. The number of alkyl carbamates (subject to hydrolysis) is 1. The minimum atomic E-state index is -0.479. The smallest absolute Gasteiger partial charge is 0.407 e. The first-order valence-corrected chi connectivity index (χ1v) is 9.05. The van der Waals surface area contributed by atoms with Crippen molar-refractivity contribution in [3.63, 3.8) is 0 Å². The second-order valence-corrected chi connectivity index (χ2v) is 6.20. The summed E-state index contributed by atoms with van der Waals surface area (Å²) in [5.41, 5.74) is 1.97. The van der Waals surface area contributed by atoms with Crippen molar-refractivity contribution in [1.29, 1.82) is 0 Å². The Kier molecular flexibility index (Phi) is 5.93. The zero-order chi connectivity index (χ0) is 18.4. The Hall–Kier alpha value is -2.77. The van der Waals surface area contributed by atoms with Crippen LogP contribution in [0.2, 0.25) is 0 Å². The topological polar surface area (TPSA) is 90.6 Å². The van der Waals surface area contributed by atoms with Crippen LogP contribution < -0.4 is 10.2 Å².